The largest absolute Gasteiger partial charge is 0.437 e. The fourth-order valence-corrected chi connectivity index (χ4v) is 4.33. The molecule has 0 saturated carbocycles. The first-order valence-electron chi connectivity index (χ1n) is 10.9. The van der Waals surface area contributed by atoms with Gasteiger partial charge in [0, 0.05) is 28.1 Å². The van der Waals surface area contributed by atoms with E-state index in [-0.39, 0.29) is 5.41 Å². The maximum absolute atomic E-state index is 6.40. The lowest BCUT2D eigenvalue weighted by Gasteiger charge is -2.16. The summed E-state index contributed by atoms with van der Waals surface area (Å²) in [5, 5.41) is 2.22. The second-order valence-electron chi connectivity index (χ2n) is 10.3. The minimum absolute atomic E-state index is 0.194. The van der Waals surface area contributed by atoms with Crippen LogP contribution in [0.25, 0.3) is 33.3 Å². The molecule has 1 aromatic carbocycles. The molecule has 0 aliphatic carbocycles. The first-order chi connectivity index (χ1) is 14.1. The zero-order chi connectivity index (χ0) is 21.6. The van der Waals surface area contributed by atoms with Crippen molar-refractivity contribution in [2.75, 3.05) is 0 Å². The highest BCUT2D eigenvalue weighted by molar-refractivity contribution is 6.08. The monoisotopic (exact) mass is 401 g/mol. The molecule has 0 aliphatic heterocycles. The summed E-state index contributed by atoms with van der Waals surface area (Å²) in [6.45, 7) is 13.4. The van der Waals surface area contributed by atoms with Gasteiger partial charge in [0.05, 0.1) is 5.56 Å². The van der Waals surface area contributed by atoms with Crippen LogP contribution in [0.4, 0.5) is 0 Å². The van der Waals surface area contributed by atoms with Crippen molar-refractivity contribution in [3.8, 4) is 11.3 Å². The quantitative estimate of drug-likeness (QED) is 0.362. The lowest BCUT2D eigenvalue weighted by Crippen LogP contribution is -2.31. The minimum atomic E-state index is 0.194. The van der Waals surface area contributed by atoms with E-state index in [1.165, 1.54) is 16.8 Å². The molecule has 0 atom stereocenters. The normalized spacial score (nSPS) is 12.4. The van der Waals surface area contributed by atoms with Gasteiger partial charge < -0.3 is 4.42 Å². The van der Waals surface area contributed by atoms with E-state index in [4.69, 9.17) is 9.40 Å². The van der Waals surface area contributed by atoms with Crippen molar-refractivity contribution < 1.29 is 8.98 Å². The van der Waals surface area contributed by atoms with Gasteiger partial charge in [-0.2, -0.15) is 0 Å². The van der Waals surface area contributed by atoms with E-state index in [0.29, 0.717) is 5.92 Å². The number of hydrogen-bond acceptors (Lipinski definition) is 2. The summed E-state index contributed by atoms with van der Waals surface area (Å²) < 4.78 is 8.63. The molecule has 156 valence electrons. The van der Waals surface area contributed by atoms with Crippen LogP contribution in [0.3, 0.4) is 0 Å². The van der Waals surface area contributed by atoms with Crippen LogP contribution < -0.4 is 4.57 Å². The fraction of sp³-hybridized carbons (Fsp3) is 0.407. The number of nitrogens with zero attached hydrogens (tertiary/aromatic N) is 2. The van der Waals surface area contributed by atoms with Crippen LogP contribution in [0, 0.1) is 18.3 Å². The van der Waals surface area contributed by atoms with Gasteiger partial charge in [0.1, 0.15) is 7.05 Å². The zero-order valence-electron chi connectivity index (χ0n) is 19.3. The molecule has 30 heavy (non-hydrogen) atoms. The Kier molecular flexibility index (Phi) is 5.17. The molecule has 0 spiro atoms. The van der Waals surface area contributed by atoms with Crippen molar-refractivity contribution in [1.82, 2.24) is 4.98 Å². The number of pyridine rings is 2. The van der Waals surface area contributed by atoms with Crippen LogP contribution in [0.2, 0.25) is 0 Å². The lowest BCUT2D eigenvalue weighted by atomic mass is 9.90. The van der Waals surface area contributed by atoms with Crippen LogP contribution in [-0.4, -0.2) is 4.98 Å². The van der Waals surface area contributed by atoms with Gasteiger partial charge in [-0.25, -0.2) is 9.55 Å². The summed E-state index contributed by atoms with van der Waals surface area (Å²) in [5.74, 6) is 0.643. The van der Waals surface area contributed by atoms with E-state index < -0.39 is 0 Å². The molecule has 0 fully saturated rings. The molecule has 0 bridgehead atoms. The number of rotatable bonds is 4. The summed E-state index contributed by atoms with van der Waals surface area (Å²) in [6, 6.07) is 13.1. The third kappa shape index (κ3) is 3.98. The average molecular weight is 402 g/mol. The van der Waals surface area contributed by atoms with Crippen molar-refractivity contribution in [1.29, 1.82) is 0 Å². The molecule has 0 N–H and O–H groups in total. The first-order valence-corrected chi connectivity index (χ1v) is 10.9. The van der Waals surface area contributed by atoms with Crippen LogP contribution in [-0.2, 0) is 19.9 Å². The summed E-state index contributed by atoms with van der Waals surface area (Å²) in [5.41, 5.74) is 7.83. The van der Waals surface area contributed by atoms with Gasteiger partial charge in [-0.05, 0) is 54.9 Å². The van der Waals surface area contributed by atoms with Crippen LogP contribution in [0.15, 0.2) is 47.0 Å². The zero-order valence-corrected chi connectivity index (χ0v) is 19.3. The first kappa shape index (κ1) is 20.6. The van der Waals surface area contributed by atoms with Gasteiger partial charge in [-0.3, -0.25) is 0 Å². The lowest BCUT2D eigenvalue weighted by molar-refractivity contribution is -0.660. The summed E-state index contributed by atoms with van der Waals surface area (Å²) in [6.07, 6.45) is 4.26. The Morgan fingerprint density at radius 2 is 1.73 bits per heavy atom. The molecule has 0 aliphatic rings. The molecule has 0 radical (unpaired) electrons. The van der Waals surface area contributed by atoms with E-state index in [0.717, 1.165) is 46.2 Å². The van der Waals surface area contributed by atoms with Gasteiger partial charge in [-0.15, -0.1) is 0 Å². The number of aryl methyl sites for hydroxylation is 2. The van der Waals surface area contributed by atoms with Crippen molar-refractivity contribution in [3.63, 3.8) is 0 Å². The molecule has 3 heteroatoms. The van der Waals surface area contributed by atoms with E-state index in [9.17, 15) is 0 Å². The van der Waals surface area contributed by atoms with Gasteiger partial charge in [-0.1, -0.05) is 46.8 Å². The van der Waals surface area contributed by atoms with E-state index in [1.807, 2.05) is 0 Å². The third-order valence-corrected chi connectivity index (χ3v) is 5.58. The van der Waals surface area contributed by atoms with Crippen LogP contribution in [0.5, 0.6) is 0 Å². The number of hydrogen-bond donors (Lipinski definition) is 0. The number of furan rings is 1. The molecule has 3 aromatic heterocycles. The predicted molar refractivity (Wildman–Crippen MR) is 125 cm³/mol. The molecule has 3 nitrogen and oxygen atoms in total. The molecule has 4 rings (SSSR count). The van der Waals surface area contributed by atoms with Gasteiger partial charge in [0.15, 0.2) is 11.8 Å². The van der Waals surface area contributed by atoms with Crippen molar-refractivity contribution in [3.05, 3.63) is 59.4 Å². The Balaban J connectivity index is 1.88. The fourth-order valence-electron chi connectivity index (χ4n) is 4.33. The second-order valence-corrected chi connectivity index (χ2v) is 10.3. The van der Waals surface area contributed by atoms with E-state index in [1.54, 1.807) is 0 Å². The Morgan fingerprint density at radius 1 is 1.00 bits per heavy atom. The second kappa shape index (κ2) is 7.54. The van der Waals surface area contributed by atoms with Gasteiger partial charge in [0.2, 0.25) is 11.4 Å². The average Bonchev–Trinajstić information content (AvgIpc) is 2.98. The molecule has 0 unspecified atom stereocenters. The number of aromatic nitrogens is 2. The third-order valence-electron chi connectivity index (χ3n) is 5.58. The van der Waals surface area contributed by atoms with Crippen molar-refractivity contribution in [2.24, 2.45) is 18.4 Å². The Morgan fingerprint density at radius 3 is 2.40 bits per heavy atom. The summed E-state index contributed by atoms with van der Waals surface area (Å²) >= 11 is 0. The Bertz CT molecular complexity index is 1230. The highest BCUT2D eigenvalue weighted by Gasteiger charge is 2.22. The van der Waals surface area contributed by atoms with Crippen LogP contribution in [0.1, 0.15) is 51.4 Å². The Labute approximate surface area is 179 Å². The van der Waals surface area contributed by atoms with E-state index >= 15 is 0 Å². The molecule has 0 amide bonds. The topological polar surface area (TPSA) is 29.9 Å². The molecular weight excluding hydrogens is 368 g/mol. The maximum Gasteiger partial charge on any atom is 0.227 e. The minimum Gasteiger partial charge on any atom is -0.437 e. The highest BCUT2D eigenvalue weighted by Crippen LogP contribution is 2.36. The smallest absolute Gasteiger partial charge is 0.227 e. The van der Waals surface area contributed by atoms with Crippen molar-refractivity contribution >= 4 is 22.1 Å². The van der Waals surface area contributed by atoms with Crippen LogP contribution >= 0.6 is 0 Å². The van der Waals surface area contributed by atoms with E-state index in [2.05, 4.69) is 95.8 Å². The Hall–Kier alpha value is -2.68. The molecule has 3 heterocycles. The number of benzene rings is 1. The molecular formula is C27H33N2O+. The number of fused-ring (bicyclic) bond motifs is 3. The standard InChI is InChI=1S/C27H33N2O/c1-17(2)14-19-9-13-23(29(7)16-19)24-18(3)8-11-21-22-12-10-20(15-27(4,5)6)28-26(22)30-25(21)24/h8-13,16-17H,14-15H2,1-7H3/q+1. The summed E-state index contributed by atoms with van der Waals surface area (Å²) in [4.78, 5) is 4.86. The van der Waals surface area contributed by atoms with Crippen molar-refractivity contribution in [2.45, 2.75) is 54.4 Å². The van der Waals surface area contributed by atoms with Gasteiger partial charge in [0.25, 0.3) is 0 Å². The SMILES string of the molecule is Cc1ccc2c(oc3nc(CC(C)(C)C)ccc32)c1-c1ccc(CC(C)C)c[n+]1C. The summed E-state index contributed by atoms with van der Waals surface area (Å²) in [7, 11) is 2.12. The maximum atomic E-state index is 6.40. The van der Waals surface area contributed by atoms with Gasteiger partial charge >= 0.3 is 0 Å². The molecule has 4 aromatic rings. The highest BCUT2D eigenvalue weighted by atomic mass is 16.3. The molecule has 0 saturated heterocycles. The predicted octanol–water partition coefficient (Wildman–Crippen LogP) is 6.57.